The van der Waals surface area contributed by atoms with Gasteiger partial charge in [0.25, 0.3) is 11.6 Å². The Kier molecular flexibility index (Phi) is 7.71. The minimum Gasteiger partial charge on any atom is -0.497 e. The first kappa shape index (κ1) is 24.4. The second kappa shape index (κ2) is 11.1. The van der Waals surface area contributed by atoms with Gasteiger partial charge >= 0.3 is 5.69 Å². The van der Waals surface area contributed by atoms with Crippen LogP contribution in [0.3, 0.4) is 0 Å². The van der Waals surface area contributed by atoms with Gasteiger partial charge < -0.3 is 14.8 Å². The zero-order chi connectivity index (χ0) is 25.4. The molecule has 1 amide bonds. The average molecular weight is 474 g/mol. The van der Waals surface area contributed by atoms with Crippen LogP contribution in [0.5, 0.6) is 17.2 Å². The van der Waals surface area contributed by atoms with Crippen molar-refractivity contribution in [1.29, 1.82) is 5.26 Å². The van der Waals surface area contributed by atoms with Crippen LogP contribution < -0.4 is 14.8 Å². The number of amides is 1. The van der Waals surface area contributed by atoms with Crippen LogP contribution in [0.25, 0.3) is 6.08 Å². The lowest BCUT2D eigenvalue weighted by Gasteiger charge is -2.07. The van der Waals surface area contributed by atoms with Crippen LogP contribution in [0.4, 0.5) is 11.4 Å². The van der Waals surface area contributed by atoms with Gasteiger partial charge in [-0.05, 0) is 47.5 Å². The van der Waals surface area contributed by atoms with E-state index < -0.39 is 27.1 Å². The fourth-order valence-corrected chi connectivity index (χ4v) is 2.94. The van der Waals surface area contributed by atoms with Crippen LogP contribution in [0.15, 0.2) is 72.3 Å². The summed E-state index contributed by atoms with van der Waals surface area (Å²) in [4.78, 5) is 33.0. The van der Waals surface area contributed by atoms with Gasteiger partial charge in [0.2, 0.25) is 5.75 Å². The molecule has 0 saturated carbocycles. The molecule has 1 N–H and O–H groups in total. The van der Waals surface area contributed by atoms with Gasteiger partial charge in [-0.1, -0.05) is 24.3 Å². The minimum absolute atomic E-state index is 0.113. The number of carbonyl (C=O) groups excluding carboxylic acids is 1. The number of nitrogens with zero attached hydrogens (tertiary/aromatic N) is 3. The summed E-state index contributed by atoms with van der Waals surface area (Å²) in [6, 6.07) is 18.1. The normalized spacial score (nSPS) is 10.7. The maximum absolute atomic E-state index is 12.4. The van der Waals surface area contributed by atoms with Gasteiger partial charge in [-0.15, -0.1) is 0 Å². The van der Waals surface area contributed by atoms with Gasteiger partial charge in [0, 0.05) is 12.6 Å². The minimum atomic E-state index is -0.775. The van der Waals surface area contributed by atoms with Crippen molar-refractivity contribution in [3.63, 3.8) is 0 Å². The third-order valence-electron chi connectivity index (χ3n) is 4.75. The number of nitro groups is 2. The first-order valence-corrected chi connectivity index (χ1v) is 10.0. The smallest absolute Gasteiger partial charge is 0.318 e. The van der Waals surface area contributed by atoms with E-state index in [9.17, 15) is 30.3 Å². The van der Waals surface area contributed by atoms with Crippen LogP contribution in [0.1, 0.15) is 11.1 Å². The lowest BCUT2D eigenvalue weighted by Crippen LogP contribution is -2.23. The highest BCUT2D eigenvalue weighted by atomic mass is 16.6. The van der Waals surface area contributed by atoms with Crippen molar-refractivity contribution in [3.05, 3.63) is 104 Å². The van der Waals surface area contributed by atoms with Gasteiger partial charge in [-0.25, -0.2) is 0 Å². The number of carbonyl (C=O) groups is 1. The Morgan fingerprint density at radius 1 is 1.00 bits per heavy atom. The van der Waals surface area contributed by atoms with Crippen molar-refractivity contribution >= 4 is 23.4 Å². The number of benzene rings is 3. The van der Waals surface area contributed by atoms with Crippen molar-refractivity contribution < 1.29 is 24.1 Å². The number of hydrogen-bond donors (Lipinski definition) is 1. The number of non-ortho nitro benzene ring substituents is 1. The quantitative estimate of drug-likeness (QED) is 0.205. The molecule has 0 radical (unpaired) electrons. The van der Waals surface area contributed by atoms with Gasteiger partial charge in [0.1, 0.15) is 23.1 Å². The molecule has 35 heavy (non-hydrogen) atoms. The lowest BCUT2D eigenvalue weighted by atomic mass is 10.1. The molecule has 0 bridgehead atoms. The molecule has 3 aromatic rings. The summed E-state index contributed by atoms with van der Waals surface area (Å²) in [6.07, 6.45) is 1.39. The van der Waals surface area contributed by atoms with Crippen molar-refractivity contribution in [1.82, 2.24) is 5.32 Å². The van der Waals surface area contributed by atoms with E-state index in [2.05, 4.69) is 5.32 Å². The van der Waals surface area contributed by atoms with Gasteiger partial charge in [-0.3, -0.25) is 25.0 Å². The number of nitrogens with one attached hydrogen (secondary N) is 1. The van der Waals surface area contributed by atoms with E-state index in [1.807, 2.05) is 6.07 Å². The lowest BCUT2D eigenvalue weighted by molar-refractivity contribution is -0.394. The summed E-state index contributed by atoms with van der Waals surface area (Å²) in [5, 5.41) is 34.2. The summed E-state index contributed by atoms with van der Waals surface area (Å²) in [5.74, 6) is 0.194. The molecule has 3 rings (SSSR count). The summed E-state index contributed by atoms with van der Waals surface area (Å²) < 4.78 is 10.6. The summed E-state index contributed by atoms with van der Waals surface area (Å²) in [6.45, 7) is 0.225. The summed E-state index contributed by atoms with van der Waals surface area (Å²) in [5.41, 5.74) is 0.255. The first-order chi connectivity index (χ1) is 16.8. The Balaban J connectivity index is 1.69. The number of ether oxygens (including phenoxy) is 2. The molecular weight excluding hydrogens is 456 g/mol. The predicted molar refractivity (Wildman–Crippen MR) is 125 cm³/mol. The topological polar surface area (TPSA) is 158 Å². The zero-order valence-corrected chi connectivity index (χ0v) is 18.3. The molecule has 11 nitrogen and oxygen atoms in total. The van der Waals surface area contributed by atoms with Crippen LogP contribution >= 0.6 is 0 Å². The van der Waals surface area contributed by atoms with Crippen molar-refractivity contribution in [2.24, 2.45) is 0 Å². The SMILES string of the molecule is COc1ccc(CNC(=O)/C(C#N)=C\c2ccc(Oc3ccc([N+](=O)[O-])cc3[N+](=O)[O-])cc2)cc1. The monoisotopic (exact) mass is 474 g/mol. The largest absolute Gasteiger partial charge is 0.497 e. The third-order valence-corrected chi connectivity index (χ3v) is 4.75. The van der Waals surface area contributed by atoms with Gasteiger partial charge in [0.15, 0.2) is 0 Å². The van der Waals surface area contributed by atoms with Crippen LogP contribution in [0.2, 0.25) is 0 Å². The standard InChI is InChI=1S/C24H18N4O7/c1-34-20-7-4-17(5-8-20)15-26-24(29)18(14-25)12-16-2-9-21(10-3-16)35-23-11-6-19(27(30)31)13-22(23)28(32)33/h2-13H,15H2,1H3,(H,26,29)/b18-12-. The highest BCUT2D eigenvalue weighted by Gasteiger charge is 2.21. The van der Waals surface area contributed by atoms with E-state index in [1.165, 1.54) is 18.2 Å². The second-order valence-electron chi connectivity index (χ2n) is 7.04. The fraction of sp³-hybridized carbons (Fsp3) is 0.0833. The molecule has 3 aromatic carbocycles. The second-order valence-corrected chi connectivity index (χ2v) is 7.04. The van der Waals surface area contributed by atoms with E-state index >= 15 is 0 Å². The number of rotatable bonds is 9. The Morgan fingerprint density at radius 2 is 1.66 bits per heavy atom. The Hall–Kier alpha value is -5.24. The van der Waals surface area contributed by atoms with E-state index in [0.29, 0.717) is 11.3 Å². The molecule has 0 aliphatic carbocycles. The van der Waals surface area contributed by atoms with Crippen molar-refractivity contribution in [2.45, 2.75) is 6.54 Å². The van der Waals surface area contributed by atoms with Crippen LogP contribution in [-0.4, -0.2) is 22.9 Å². The molecule has 0 aliphatic heterocycles. The van der Waals surface area contributed by atoms with Crippen molar-refractivity contribution in [2.75, 3.05) is 7.11 Å². The molecule has 0 aliphatic rings. The molecule has 176 valence electrons. The maximum Gasteiger partial charge on any atom is 0.318 e. The van der Waals surface area contributed by atoms with E-state index in [1.54, 1.807) is 43.5 Å². The fourth-order valence-electron chi connectivity index (χ4n) is 2.94. The molecule has 0 fully saturated rings. The molecule has 0 spiro atoms. The van der Waals surface area contributed by atoms with Gasteiger partial charge in [-0.2, -0.15) is 5.26 Å². The Morgan fingerprint density at radius 3 is 2.23 bits per heavy atom. The van der Waals surface area contributed by atoms with Crippen LogP contribution in [0, 0.1) is 31.6 Å². The average Bonchev–Trinajstić information content (AvgIpc) is 2.87. The number of nitriles is 1. The highest BCUT2D eigenvalue weighted by Crippen LogP contribution is 2.34. The predicted octanol–water partition coefficient (Wildman–Crippen LogP) is 4.53. The van der Waals surface area contributed by atoms with Crippen LogP contribution in [-0.2, 0) is 11.3 Å². The number of methoxy groups -OCH3 is 1. The molecule has 0 unspecified atom stereocenters. The highest BCUT2D eigenvalue weighted by molar-refractivity contribution is 6.01. The Bertz CT molecular complexity index is 1330. The Labute approximate surface area is 199 Å². The summed E-state index contributed by atoms with van der Waals surface area (Å²) in [7, 11) is 1.55. The number of hydrogen-bond acceptors (Lipinski definition) is 8. The number of nitro benzene ring substituents is 2. The van der Waals surface area contributed by atoms with Gasteiger partial charge in [0.05, 0.1) is 23.0 Å². The zero-order valence-electron chi connectivity index (χ0n) is 18.3. The third kappa shape index (κ3) is 6.39. The molecule has 11 heteroatoms. The van der Waals surface area contributed by atoms with E-state index in [4.69, 9.17) is 9.47 Å². The molecule has 0 aromatic heterocycles. The molecule has 0 saturated heterocycles. The maximum atomic E-state index is 12.4. The van der Waals surface area contributed by atoms with Crippen molar-refractivity contribution in [3.8, 4) is 23.3 Å². The summed E-state index contributed by atoms with van der Waals surface area (Å²) >= 11 is 0. The molecule has 0 heterocycles. The van der Waals surface area contributed by atoms with E-state index in [-0.39, 0.29) is 23.6 Å². The first-order valence-electron chi connectivity index (χ1n) is 10.0. The molecular formula is C24H18N4O7. The van der Waals surface area contributed by atoms with E-state index in [0.717, 1.165) is 23.8 Å². The molecule has 0 atom stereocenters.